The highest BCUT2D eigenvalue weighted by molar-refractivity contribution is 5.85. The Bertz CT molecular complexity index is 513. The van der Waals surface area contributed by atoms with Gasteiger partial charge in [0.15, 0.2) is 0 Å². The molecule has 6 heteroatoms. The van der Waals surface area contributed by atoms with Gasteiger partial charge in [0.2, 0.25) is 5.91 Å². The Morgan fingerprint density at radius 3 is 2.58 bits per heavy atom. The number of piperidine rings is 1. The van der Waals surface area contributed by atoms with Crippen LogP contribution in [0.5, 0.6) is 0 Å². The van der Waals surface area contributed by atoms with E-state index in [0.29, 0.717) is 5.91 Å². The van der Waals surface area contributed by atoms with Gasteiger partial charge in [-0.15, -0.1) is 24.8 Å². The molecule has 1 atom stereocenters. The van der Waals surface area contributed by atoms with E-state index in [1.165, 1.54) is 11.1 Å². The molecule has 4 nitrogen and oxygen atoms in total. The third kappa shape index (κ3) is 5.62. The Hall–Kier alpha value is -0.810. The summed E-state index contributed by atoms with van der Waals surface area (Å²) in [6, 6.07) is 8.71. The summed E-state index contributed by atoms with van der Waals surface area (Å²) in [5.41, 5.74) is 2.69. The predicted molar refractivity (Wildman–Crippen MR) is 103 cm³/mol. The number of benzene rings is 1. The second kappa shape index (κ2) is 10.2. The highest BCUT2D eigenvalue weighted by atomic mass is 35.5. The largest absolute Gasteiger partial charge is 0.340 e. The van der Waals surface area contributed by atoms with E-state index in [1.54, 1.807) is 0 Å². The topological polar surface area (TPSA) is 35.6 Å². The quantitative estimate of drug-likeness (QED) is 0.883. The smallest absolute Gasteiger partial charge is 0.227 e. The van der Waals surface area contributed by atoms with Gasteiger partial charge >= 0.3 is 0 Å². The molecule has 0 aromatic heterocycles. The van der Waals surface area contributed by atoms with Crippen LogP contribution in [0.4, 0.5) is 0 Å². The van der Waals surface area contributed by atoms with E-state index in [1.807, 2.05) is 0 Å². The molecule has 0 spiro atoms. The average molecular weight is 374 g/mol. The van der Waals surface area contributed by atoms with Gasteiger partial charge in [0.05, 0.1) is 5.92 Å². The molecule has 24 heavy (non-hydrogen) atoms. The number of nitrogens with one attached hydrogen (secondary N) is 1. The number of piperazine rings is 1. The van der Waals surface area contributed by atoms with Gasteiger partial charge in [0, 0.05) is 39.3 Å². The maximum atomic E-state index is 12.5. The van der Waals surface area contributed by atoms with Gasteiger partial charge in [-0.05, 0) is 31.9 Å². The lowest BCUT2D eigenvalue weighted by Crippen LogP contribution is -2.51. The van der Waals surface area contributed by atoms with Crippen molar-refractivity contribution in [1.29, 1.82) is 0 Å². The first kappa shape index (κ1) is 21.2. The molecule has 0 radical (unpaired) electrons. The summed E-state index contributed by atoms with van der Waals surface area (Å²) in [6.07, 6.45) is 2.18. The van der Waals surface area contributed by atoms with E-state index >= 15 is 0 Å². The van der Waals surface area contributed by atoms with Crippen molar-refractivity contribution in [3.63, 3.8) is 0 Å². The molecule has 1 unspecified atom stereocenters. The fourth-order valence-electron chi connectivity index (χ4n) is 3.52. The number of aryl methyl sites for hydroxylation is 1. The Balaban J connectivity index is 0.00000144. The van der Waals surface area contributed by atoms with Crippen LogP contribution in [-0.4, -0.2) is 55.0 Å². The van der Waals surface area contributed by atoms with Crippen LogP contribution in [0, 0.1) is 12.8 Å². The summed E-state index contributed by atoms with van der Waals surface area (Å²) in [7, 11) is 0. The molecule has 2 aliphatic rings. The molecule has 2 aliphatic heterocycles. The van der Waals surface area contributed by atoms with Crippen molar-refractivity contribution in [2.24, 2.45) is 5.92 Å². The van der Waals surface area contributed by atoms with Crippen LogP contribution in [0.3, 0.4) is 0 Å². The summed E-state index contributed by atoms with van der Waals surface area (Å²) in [4.78, 5) is 17.1. The number of halogens is 2. The van der Waals surface area contributed by atoms with E-state index in [9.17, 15) is 4.79 Å². The molecule has 2 saturated heterocycles. The van der Waals surface area contributed by atoms with Crippen molar-refractivity contribution in [3.8, 4) is 0 Å². The molecule has 1 amide bonds. The molecule has 0 saturated carbocycles. The molecule has 1 aromatic carbocycles. The SMILES string of the molecule is Cc1cccc(CN2CCN(C(=O)C3CCCNC3)CC2)c1.Cl.Cl. The average Bonchev–Trinajstić information content (AvgIpc) is 2.56. The van der Waals surface area contributed by atoms with E-state index < -0.39 is 0 Å². The molecule has 0 aliphatic carbocycles. The monoisotopic (exact) mass is 373 g/mol. The van der Waals surface area contributed by atoms with Crippen LogP contribution in [-0.2, 0) is 11.3 Å². The maximum Gasteiger partial charge on any atom is 0.227 e. The Morgan fingerprint density at radius 1 is 1.21 bits per heavy atom. The molecule has 3 rings (SSSR count). The van der Waals surface area contributed by atoms with Crippen LogP contribution >= 0.6 is 24.8 Å². The first-order valence-corrected chi connectivity index (χ1v) is 8.50. The predicted octanol–water partition coefficient (Wildman–Crippen LogP) is 2.48. The molecule has 0 bridgehead atoms. The first-order chi connectivity index (χ1) is 10.7. The highest BCUT2D eigenvalue weighted by Gasteiger charge is 2.28. The molecule has 2 heterocycles. The molecule has 1 aromatic rings. The van der Waals surface area contributed by atoms with Crippen molar-refractivity contribution in [1.82, 2.24) is 15.1 Å². The van der Waals surface area contributed by atoms with Crippen molar-refractivity contribution in [3.05, 3.63) is 35.4 Å². The van der Waals surface area contributed by atoms with Crippen LogP contribution < -0.4 is 5.32 Å². The van der Waals surface area contributed by atoms with Crippen LogP contribution in [0.2, 0.25) is 0 Å². The second-order valence-electron chi connectivity index (χ2n) is 6.63. The van der Waals surface area contributed by atoms with Crippen molar-refractivity contribution in [2.45, 2.75) is 26.3 Å². The van der Waals surface area contributed by atoms with Crippen LogP contribution in [0.25, 0.3) is 0 Å². The van der Waals surface area contributed by atoms with Gasteiger partial charge < -0.3 is 10.2 Å². The summed E-state index contributed by atoms with van der Waals surface area (Å²) >= 11 is 0. The van der Waals surface area contributed by atoms with E-state index in [2.05, 4.69) is 46.3 Å². The van der Waals surface area contributed by atoms with Gasteiger partial charge in [0.1, 0.15) is 0 Å². The zero-order valence-corrected chi connectivity index (χ0v) is 16.0. The fraction of sp³-hybridized carbons (Fsp3) is 0.611. The third-order valence-electron chi connectivity index (χ3n) is 4.82. The van der Waals surface area contributed by atoms with E-state index in [-0.39, 0.29) is 30.7 Å². The number of nitrogens with zero attached hydrogens (tertiary/aromatic N) is 2. The van der Waals surface area contributed by atoms with E-state index in [4.69, 9.17) is 0 Å². The summed E-state index contributed by atoms with van der Waals surface area (Å²) in [5, 5.41) is 3.34. The number of carbonyl (C=O) groups is 1. The molecular formula is C18H29Cl2N3O. The van der Waals surface area contributed by atoms with Gasteiger partial charge in [-0.25, -0.2) is 0 Å². The van der Waals surface area contributed by atoms with Crippen molar-refractivity contribution >= 4 is 30.7 Å². The lowest BCUT2D eigenvalue weighted by Gasteiger charge is -2.37. The first-order valence-electron chi connectivity index (χ1n) is 8.50. The maximum absolute atomic E-state index is 12.5. The number of hydrogen-bond acceptors (Lipinski definition) is 3. The third-order valence-corrected chi connectivity index (χ3v) is 4.82. The normalized spacial score (nSPS) is 21.5. The lowest BCUT2D eigenvalue weighted by molar-refractivity contribution is -0.137. The van der Waals surface area contributed by atoms with Crippen molar-refractivity contribution in [2.75, 3.05) is 39.3 Å². The standard InChI is InChI=1S/C18H27N3O.2ClH/c1-15-4-2-5-16(12-15)14-20-8-10-21(11-9-20)18(22)17-6-3-7-19-13-17;;/h2,4-5,12,17,19H,3,6-11,13-14H2,1H3;2*1H. The highest BCUT2D eigenvalue weighted by Crippen LogP contribution is 2.16. The number of amides is 1. The summed E-state index contributed by atoms with van der Waals surface area (Å²) in [6.45, 7) is 8.78. The van der Waals surface area contributed by atoms with Gasteiger partial charge in [-0.2, -0.15) is 0 Å². The molecule has 2 fully saturated rings. The number of rotatable bonds is 3. The second-order valence-corrected chi connectivity index (χ2v) is 6.63. The van der Waals surface area contributed by atoms with Gasteiger partial charge in [0.25, 0.3) is 0 Å². The lowest BCUT2D eigenvalue weighted by atomic mass is 9.98. The zero-order valence-electron chi connectivity index (χ0n) is 14.4. The zero-order chi connectivity index (χ0) is 15.4. The van der Waals surface area contributed by atoms with Crippen molar-refractivity contribution < 1.29 is 4.79 Å². The number of carbonyl (C=O) groups excluding carboxylic acids is 1. The van der Waals surface area contributed by atoms with Gasteiger partial charge in [-0.1, -0.05) is 29.8 Å². The molecule has 136 valence electrons. The van der Waals surface area contributed by atoms with E-state index in [0.717, 1.165) is 58.7 Å². The molecule has 1 N–H and O–H groups in total. The Morgan fingerprint density at radius 2 is 1.96 bits per heavy atom. The number of hydrogen-bond donors (Lipinski definition) is 1. The van der Waals surface area contributed by atoms with Crippen LogP contribution in [0.1, 0.15) is 24.0 Å². The minimum atomic E-state index is 0. The van der Waals surface area contributed by atoms with Gasteiger partial charge in [-0.3, -0.25) is 9.69 Å². The Labute approximate surface area is 157 Å². The molecular weight excluding hydrogens is 345 g/mol. The summed E-state index contributed by atoms with van der Waals surface area (Å²) in [5.74, 6) is 0.569. The Kier molecular flexibility index (Phi) is 9.06. The minimum absolute atomic E-state index is 0. The minimum Gasteiger partial charge on any atom is -0.340 e. The fourth-order valence-corrected chi connectivity index (χ4v) is 3.52. The van der Waals surface area contributed by atoms with Crippen LogP contribution in [0.15, 0.2) is 24.3 Å². The summed E-state index contributed by atoms with van der Waals surface area (Å²) < 4.78 is 0.